The number of fused-ring (bicyclic) bond motifs is 3. The van der Waals surface area contributed by atoms with Crippen LogP contribution in [0.1, 0.15) is 29.3 Å². The topological polar surface area (TPSA) is 98.3 Å². The maximum atomic E-state index is 13.5. The number of benzene rings is 3. The number of hydrogen-bond acceptors (Lipinski definition) is 6. The fourth-order valence-electron chi connectivity index (χ4n) is 5.31. The van der Waals surface area contributed by atoms with Crippen LogP contribution in [-0.4, -0.2) is 77.1 Å². The first-order valence-corrected chi connectivity index (χ1v) is 14.4. The monoisotopic (exact) mass is 597 g/mol. The van der Waals surface area contributed by atoms with Crippen molar-refractivity contribution in [2.24, 2.45) is 0 Å². The van der Waals surface area contributed by atoms with Gasteiger partial charge in [0.2, 0.25) is 0 Å². The Morgan fingerprint density at radius 1 is 0.927 bits per heavy atom. The summed E-state index contributed by atoms with van der Waals surface area (Å²) in [5.74, 6) is 1.15. The van der Waals surface area contributed by atoms with Crippen molar-refractivity contribution in [1.29, 1.82) is 0 Å². The van der Waals surface area contributed by atoms with E-state index in [1.165, 1.54) is 0 Å². The minimum atomic E-state index is -0.449. The number of aliphatic hydroxyl groups is 2. The SMILES string of the molecule is O=C(Oc1ccc(Cl)cc1)N1CCc2c([nH]c3ccc(Cl)cc23)C1c1ccc(OCCCN(CCO)CCO)cc1. The first-order valence-electron chi connectivity index (χ1n) is 13.7. The van der Waals surface area contributed by atoms with Gasteiger partial charge in [-0.1, -0.05) is 35.3 Å². The summed E-state index contributed by atoms with van der Waals surface area (Å²) in [5.41, 5.74) is 3.96. The lowest BCUT2D eigenvalue weighted by Gasteiger charge is -2.35. The van der Waals surface area contributed by atoms with E-state index in [1.807, 2.05) is 47.4 Å². The Labute approximate surface area is 249 Å². The number of aromatic nitrogens is 1. The minimum absolute atomic E-state index is 0.0544. The van der Waals surface area contributed by atoms with Crippen molar-refractivity contribution in [2.75, 3.05) is 46.0 Å². The first-order chi connectivity index (χ1) is 20.0. The maximum Gasteiger partial charge on any atom is 0.416 e. The molecule has 5 rings (SSSR count). The van der Waals surface area contributed by atoms with Crippen molar-refractivity contribution in [2.45, 2.75) is 18.9 Å². The zero-order chi connectivity index (χ0) is 28.8. The quantitative estimate of drug-likeness (QED) is 0.192. The summed E-state index contributed by atoms with van der Waals surface area (Å²) in [5, 5.41) is 20.7. The van der Waals surface area contributed by atoms with E-state index in [-0.39, 0.29) is 13.2 Å². The molecule has 3 aromatic carbocycles. The summed E-state index contributed by atoms with van der Waals surface area (Å²) in [7, 11) is 0. The number of nitrogens with zero attached hydrogens (tertiary/aromatic N) is 2. The zero-order valence-electron chi connectivity index (χ0n) is 22.6. The van der Waals surface area contributed by atoms with Crippen LogP contribution in [0, 0.1) is 0 Å². The second kappa shape index (κ2) is 13.6. The van der Waals surface area contributed by atoms with Crippen molar-refractivity contribution in [3.05, 3.63) is 93.6 Å². The van der Waals surface area contributed by atoms with Crippen molar-refractivity contribution in [3.8, 4) is 11.5 Å². The number of rotatable bonds is 11. The number of nitrogens with one attached hydrogen (secondary N) is 1. The Morgan fingerprint density at radius 2 is 1.61 bits per heavy atom. The first kappa shape index (κ1) is 29.2. The molecule has 1 aliphatic rings. The highest BCUT2D eigenvalue weighted by molar-refractivity contribution is 6.31. The second-order valence-electron chi connectivity index (χ2n) is 9.93. The Hall–Kier alpha value is -3.27. The normalized spacial score (nSPS) is 14.9. The Kier molecular flexibility index (Phi) is 9.69. The molecule has 0 saturated heterocycles. The Balaban J connectivity index is 1.36. The number of halogens is 2. The molecule has 0 bridgehead atoms. The van der Waals surface area contributed by atoms with Gasteiger partial charge in [0.05, 0.1) is 19.8 Å². The largest absolute Gasteiger partial charge is 0.494 e. The van der Waals surface area contributed by atoms with Gasteiger partial charge in [-0.25, -0.2) is 4.79 Å². The molecule has 10 heteroatoms. The van der Waals surface area contributed by atoms with Crippen molar-refractivity contribution in [3.63, 3.8) is 0 Å². The summed E-state index contributed by atoms with van der Waals surface area (Å²) in [4.78, 5) is 20.8. The third kappa shape index (κ3) is 6.97. The van der Waals surface area contributed by atoms with Crippen LogP contribution in [0.2, 0.25) is 10.0 Å². The molecule has 1 amide bonds. The van der Waals surface area contributed by atoms with Gasteiger partial charge >= 0.3 is 6.09 Å². The van der Waals surface area contributed by atoms with E-state index in [1.54, 1.807) is 29.2 Å². The fraction of sp³-hybridized carbons (Fsp3) is 0.323. The zero-order valence-corrected chi connectivity index (χ0v) is 24.1. The van der Waals surface area contributed by atoms with Gasteiger partial charge in [0, 0.05) is 52.8 Å². The summed E-state index contributed by atoms with van der Waals surface area (Å²) < 4.78 is 11.7. The molecule has 8 nitrogen and oxygen atoms in total. The molecule has 0 aliphatic carbocycles. The van der Waals surface area contributed by atoms with E-state index in [9.17, 15) is 15.0 Å². The van der Waals surface area contributed by atoms with Gasteiger partial charge in [-0.3, -0.25) is 9.80 Å². The molecular weight excluding hydrogens is 565 g/mol. The predicted molar refractivity (Wildman–Crippen MR) is 160 cm³/mol. The van der Waals surface area contributed by atoms with E-state index < -0.39 is 12.1 Å². The molecule has 1 unspecified atom stereocenters. The average Bonchev–Trinajstić information content (AvgIpc) is 3.34. The predicted octanol–water partition coefficient (Wildman–Crippen LogP) is 5.68. The van der Waals surface area contributed by atoms with Crippen LogP contribution >= 0.6 is 23.2 Å². The van der Waals surface area contributed by atoms with Gasteiger partial charge < -0.3 is 24.7 Å². The summed E-state index contributed by atoms with van der Waals surface area (Å²) in [6.07, 6.45) is 0.970. The Morgan fingerprint density at radius 3 is 2.32 bits per heavy atom. The highest BCUT2D eigenvalue weighted by atomic mass is 35.5. The molecule has 0 spiro atoms. The lowest BCUT2D eigenvalue weighted by molar-refractivity contribution is 0.135. The minimum Gasteiger partial charge on any atom is -0.494 e. The molecule has 0 fully saturated rings. The molecular formula is C31H33Cl2N3O5. The number of carbonyl (C=O) groups excluding carboxylic acids is 1. The van der Waals surface area contributed by atoms with Crippen LogP contribution in [0.5, 0.6) is 11.5 Å². The molecule has 3 N–H and O–H groups in total. The van der Waals surface area contributed by atoms with Crippen molar-refractivity contribution >= 4 is 40.2 Å². The number of ether oxygens (including phenoxy) is 2. The number of aliphatic hydroxyl groups excluding tert-OH is 2. The van der Waals surface area contributed by atoms with Crippen molar-refractivity contribution < 1.29 is 24.5 Å². The van der Waals surface area contributed by atoms with E-state index in [4.69, 9.17) is 32.7 Å². The molecule has 1 aliphatic heterocycles. The fourth-order valence-corrected chi connectivity index (χ4v) is 5.61. The van der Waals surface area contributed by atoms with E-state index >= 15 is 0 Å². The number of aromatic amines is 1. The lowest BCUT2D eigenvalue weighted by atomic mass is 9.92. The molecule has 4 aromatic rings. The second-order valence-corrected chi connectivity index (χ2v) is 10.8. The van der Waals surface area contributed by atoms with Crippen LogP contribution in [0.4, 0.5) is 4.79 Å². The summed E-state index contributed by atoms with van der Waals surface area (Å²) >= 11 is 12.3. The van der Waals surface area contributed by atoms with Gasteiger partial charge in [0.25, 0.3) is 0 Å². The number of H-pyrrole nitrogens is 1. The Bertz CT molecular complexity index is 1450. The van der Waals surface area contributed by atoms with Gasteiger partial charge in [0.1, 0.15) is 17.5 Å². The highest BCUT2D eigenvalue weighted by Gasteiger charge is 2.35. The van der Waals surface area contributed by atoms with E-state index in [0.29, 0.717) is 48.5 Å². The molecule has 0 radical (unpaired) electrons. The van der Waals surface area contributed by atoms with Crippen LogP contribution in [0.15, 0.2) is 66.7 Å². The van der Waals surface area contributed by atoms with Crippen LogP contribution < -0.4 is 9.47 Å². The van der Waals surface area contributed by atoms with Crippen LogP contribution in [0.25, 0.3) is 10.9 Å². The molecule has 2 heterocycles. The molecule has 41 heavy (non-hydrogen) atoms. The lowest BCUT2D eigenvalue weighted by Crippen LogP contribution is -2.42. The maximum absolute atomic E-state index is 13.5. The van der Waals surface area contributed by atoms with Crippen LogP contribution in [-0.2, 0) is 6.42 Å². The van der Waals surface area contributed by atoms with Crippen molar-refractivity contribution in [1.82, 2.24) is 14.8 Å². The number of carbonyl (C=O) groups is 1. The standard InChI is InChI=1S/C31H33Cl2N3O5/c32-22-4-9-25(10-5-22)41-31(39)36-14-12-26-27-20-23(33)6-11-28(27)34-29(26)30(36)21-2-7-24(8-3-21)40-19-1-13-35(15-17-37)16-18-38/h2-11,20,30,34,37-38H,1,12-19H2. The summed E-state index contributed by atoms with van der Waals surface area (Å²) in [6, 6.07) is 19.9. The number of amides is 1. The third-order valence-electron chi connectivity index (χ3n) is 7.26. The van der Waals surface area contributed by atoms with Gasteiger partial charge in [-0.05, 0) is 78.6 Å². The van der Waals surface area contributed by atoms with Gasteiger partial charge in [0.15, 0.2) is 0 Å². The molecule has 1 aromatic heterocycles. The van der Waals surface area contributed by atoms with Gasteiger partial charge in [-0.15, -0.1) is 0 Å². The molecule has 1 atom stereocenters. The molecule has 0 saturated carbocycles. The third-order valence-corrected chi connectivity index (χ3v) is 7.75. The summed E-state index contributed by atoms with van der Waals surface area (Å²) in [6.45, 7) is 2.85. The number of hydrogen-bond donors (Lipinski definition) is 3. The van der Waals surface area contributed by atoms with Gasteiger partial charge in [-0.2, -0.15) is 0 Å². The van der Waals surface area contributed by atoms with E-state index in [0.717, 1.165) is 46.4 Å². The highest BCUT2D eigenvalue weighted by Crippen LogP contribution is 2.40. The van der Waals surface area contributed by atoms with E-state index in [2.05, 4.69) is 4.98 Å². The smallest absolute Gasteiger partial charge is 0.416 e. The average molecular weight is 599 g/mol. The molecule has 216 valence electrons. The van der Waals surface area contributed by atoms with Crippen LogP contribution in [0.3, 0.4) is 0 Å².